The van der Waals surface area contributed by atoms with Crippen LogP contribution in [0.4, 0.5) is 8.78 Å². The van der Waals surface area contributed by atoms with Gasteiger partial charge in [0.2, 0.25) is 0 Å². The molecule has 1 unspecified atom stereocenters. The molecule has 3 nitrogen and oxygen atoms in total. The van der Waals surface area contributed by atoms with Crippen LogP contribution < -0.4 is 10.1 Å². The fraction of sp³-hybridized carbons (Fsp3) is 0.333. The van der Waals surface area contributed by atoms with Crippen LogP contribution in [0, 0.1) is 18.6 Å². The highest BCUT2D eigenvalue weighted by Gasteiger charge is 2.07. The van der Waals surface area contributed by atoms with Crippen molar-refractivity contribution in [3.63, 3.8) is 0 Å². The van der Waals surface area contributed by atoms with Gasteiger partial charge in [-0.3, -0.25) is 0 Å². The van der Waals surface area contributed by atoms with Crippen molar-refractivity contribution in [1.82, 2.24) is 5.32 Å². The summed E-state index contributed by atoms with van der Waals surface area (Å²) in [6.07, 6.45) is -0.723. The predicted molar refractivity (Wildman–Crippen MR) is 78.6 cm³/mol. The molecule has 0 aliphatic carbocycles. The molecule has 1 aromatic heterocycles. The fourth-order valence-corrected chi connectivity index (χ4v) is 2.62. The van der Waals surface area contributed by atoms with Crippen molar-refractivity contribution in [2.45, 2.75) is 19.6 Å². The van der Waals surface area contributed by atoms with Gasteiger partial charge in [-0.2, -0.15) is 0 Å². The van der Waals surface area contributed by atoms with E-state index in [0.717, 1.165) is 12.1 Å². The van der Waals surface area contributed by atoms with E-state index in [0.29, 0.717) is 13.1 Å². The second-order valence-electron chi connectivity index (χ2n) is 4.68. The van der Waals surface area contributed by atoms with Crippen molar-refractivity contribution in [1.29, 1.82) is 0 Å². The molecule has 2 aromatic rings. The molecule has 0 fully saturated rings. The summed E-state index contributed by atoms with van der Waals surface area (Å²) >= 11 is 1.70. The maximum absolute atomic E-state index is 13.0. The zero-order chi connectivity index (χ0) is 15.2. The third kappa shape index (κ3) is 5.08. The molecule has 1 aromatic carbocycles. The first kappa shape index (κ1) is 15.9. The van der Waals surface area contributed by atoms with Crippen molar-refractivity contribution in [3.05, 3.63) is 51.7 Å². The van der Waals surface area contributed by atoms with Gasteiger partial charge in [0, 0.05) is 28.9 Å². The molecule has 0 aliphatic heterocycles. The van der Waals surface area contributed by atoms with Crippen LogP contribution in [-0.4, -0.2) is 24.4 Å². The fourth-order valence-electron chi connectivity index (χ4n) is 1.76. The van der Waals surface area contributed by atoms with Gasteiger partial charge in [-0.05, 0) is 31.2 Å². The van der Waals surface area contributed by atoms with E-state index in [9.17, 15) is 13.9 Å². The summed E-state index contributed by atoms with van der Waals surface area (Å²) < 4.78 is 30.9. The summed E-state index contributed by atoms with van der Waals surface area (Å²) in [6.45, 7) is 3.10. The third-order valence-electron chi connectivity index (χ3n) is 2.81. The van der Waals surface area contributed by atoms with Crippen LogP contribution in [0.3, 0.4) is 0 Å². The Hall–Kier alpha value is -1.50. The van der Waals surface area contributed by atoms with Gasteiger partial charge in [-0.1, -0.05) is 0 Å². The summed E-state index contributed by atoms with van der Waals surface area (Å²) in [5, 5.41) is 12.9. The summed E-state index contributed by atoms with van der Waals surface area (Å²) in [5.74, 6) is -1.69. The lowest BCUT2D eigenvalue weighted by Gasteiger charge is -2.13. The van der Waals surface area contributed by atoms with Crippen LogP contribution in [0.1, 0.15) is 9.75 Å². The van der Waals surface area contributed by atoms with Gasteiger partial charge in [0.25, 0.3) is 0 Å². The first-order chi connectivity index (χ1) is 10.0. The van der Waals surface area contributed by atoms with Gasteiger partial charge in [0.15, 0.2) is 11.6 Å². The number of ether oxygens (including phenoxy) is 1. The summed E-state index contributed by atoms with van der Waals surface area (Å²) in [7, 11) is 0. The first-order valence-corrected chi connectivity index (χ1v) is 7.38. The van der Waals surface area contributed by atoms with Crippen molar-refractivity contribution < 1.29 is 18.6 Å². The highest BCUT2D eigenvalue weighted by atomic mass is 32.1. The Bertz CT molecular complexity index is 589. The van der Waals surface area contributed by atoms with Crippen LogP contribution in [0.25, 0.3) is 0 Å². The minimum absolute atomic E-state index is 0.0154. The zero-order valence-corrected chi connectivity index (χ0v) is 12.4. The van der Waals surface area contributed by atoms with Gasteiger partial charge in [-0.25, -0.2) is 8.78 Å². The van der Waals surface area contributed by atoms with Crippen LogP contribution in [-0.2, 0) is 6.54 Å². The summed E-state index contributed by atoms with van der Waals surface area (Å²) in [4.78, 5) is 2.44. The van der Waals surface area contributed by atoms with Gasteiger partial charge < -0.3 is 15.2 Å². The molecule has 6 heteroatoms. The molecule has 114 valence electrons. The molecule has 2 rings (SSSR count). The summed E-state index contributed by atoms with van der Waals surface area (Å²) in [6, 6.07) is 7.37. The molecule has 2 N–H and O–H groups in total. The van der Waals surface area contributed by atoms with E-state index in [1.165, 1.54) is 15.8 Å². The molecule has 0 bridgehead atoms. The van der Waals surface area contributed by atoms with E-state index in [1.807, 2.05) is 19.1 Å². The topological polar surface area (TPSA) is 41.5 Å². The maximum atomic E-state index is 13.0. The van der Waals surface area contributed by atoms with E-state index in [2.05, 4.69) is 5.32 Å². The van der Waals surface area contributed by atoms with Crippen LogP contribution in [0.15, 0.2) is 30.3 Å². The summed E-state index contributed by atoms with van der Waals surface area (Å²) in [5.41, 5.74) is 0. The standard InChI is InChI=1S/C15H17F2NO2S/c1-10-2-4-13(21-10)8-18-7-11(19)9-20-12-3-5-14(16)15(17)6-12/h2-6,11,18-19H,7-9H2,1H3. The van der Waals surface area contributed by atoms with Crippen LogP contribution >= 0.6 is 11.3 Å². The second kappa shape index (κ2) is 7.49. The molecule has 0 saturated carbocycles. The SMILES string of the molecule is Cc1ccc(CNCC(O)COc2ccc(F)c(F)c2)s1. The van der Waals surface area contributed by atoms with Gasteiger partial charge in [0.1, 0.15) is 18.5 Å². The van der Waals surface area contributed by atoms with Crippen LogP contribution in [0.5, 0.6) is 5.75 Å². The number of benzene rings is 1. The molecule has 21 heavy (non-hydrogen) atoms. The van der Waals surface area contributed by atoms with Crippen molar-refractivity contribution in [2.24, 2.45) is 0 Å². The number of rotatable bonds is 7. The smallest absolute Gasteiger partial charge is 0.162 e. The third-order valence-corrected chi connectivity index (χ3v) is 3.81. The molecule has 0 radical (unpaired) electrons. The lowest BCUT2D eigenvalue weighted by Crippen LogP contribution is -2.31. The van der Waals surface area contributed by atoms with Crippen molar-refractivity contribution in [2.75, 3.05) is 13.2 Å². The minimum Gasteiger partial charge on any atom is -0.491 e. The average molecular weight is 313 g/mol. The highest BCUT2D eigenvalue weighted by Crippen LogP contribution is 2.16. The lowest BCUT2D eigenvalue weighted by molar-refractivity contribution is 0.106. The Morgan fingerprint density at radius 2 is 2.05 bits per heavy atom. The van der Waals surface area contributed by atoms with Crippen molar-refractivity contribution in [3.8, 4) is 5.75 Å². The number of thiophene rings is 1. The maximum Gasteiger partial charge on any atom is 0.162 e. The van der Waals surface area contributed by atoms with Gasteiger partial charge in [-0.15, -0.1) is 11.3 Å². The van der Waals surface area contributed by atoms with E-state index < -0.39 is 17.7 Å². The van der Waals surface area contributed by atoms with E-state index in [-0.39, 0.29) is 12.4 Å². The Balaban J connectivity index is 1.69. The Morgan fingerprint density at radius 3 is 2.71 bits per heavy atom. The van der Waals surface area contributed by atoms with Gasteiger partial charge >= 0.3 is 0 Å². The molecule has 1 heterocycles. The number of hydrogen-bond acceptors (Lipinski definition) is 4. The Morgan fingerprint density at radius 1 is 1.24 bits per heavy atom. The Kier molecular flexibility index (Phi) is 5.67. The minimum atomic E-state index is -0.965. The molecule has 0 amide bonds. The monoisotopic (exact) mass is 313 g/mol. The number of halogens is 2. The average Bonchev–Trinajstić information content (AvgIpc) is 2.86. The number of hydrogen-bond donors (Lipinski definition) is 2. The van der Waals surface area contributed by atoms with E-state index in [4.69, 9.17) is 4.74 Å². The van der Waals surface area contributed by atoms with E-state index in [1.54, 1.807) is 11.3 Å². The molecule has 1 atom stereocenters. The normalized spacial score (nSPS) is 12.4. The molecule has 0 spiro atoms. The zero-order valence-electron chi connectivity index (χ0n) is 11.6. The van der Waals surface area contributed by atoms with E-state index >= 15 is 0 Å². The molecular formula is C15H17F2NO2S. The number of nitrogens with one attached hydrogen (secondary N) is 1. The highest BCUT2D eigenvalue weighted by molar-refractivity contribution is 7.11. The molecule has 0 aliphatic rings. The second-order valence-corrected chi connectivity index (χ2v) is 6.06. The number of aliphatic hydroxyl groups excluding tert-OH is 1. The molecular weight excluding hydrogens is 296 g/mol. The number of aliphatic hydroxyl groups is 1. The largest absolute Gasteiger partial charge is 0.491 e. The van der Waals surface area contributed by atoms with Gasteiger partial charge in [0.05, 0.1) is 0 Å². The molecule has 0 saturated heterocycles. The first-order valence-electron chi connectivity index (χ1n) is 6.56. The quantitative estimate of drug-likeness (QED) is 0.826. The number of aryl methyl sites for hydroxylation is 1. The Labute approximate surface area is 126 Å². The predicted octanol–water partition coefficient (Wildman–Crippen LogP) is 2.86. The lowest BCUT2D eigenvalue weighted by atomic mass is 10.3. The van der Waals surface area contributed by atoms with Crippen LogP contribution in [0.2, 0.25) is 0 Å². The van der Waals surface area contributed by atoms with Crippen molar-refractivity contribution >= 4 is 11.3 Å².